The van der Waals surface area contributed by atoms with Crippen LogP contribution in [0.2, 0.25) is 0 Å². The van der Waals surface area contributed by atoms with Crippen molar-refractivity contribution in [1.82, 2.24) is 0 Å². The lowest BCUT2D eigenvalue weighted by atomic mass is 10.1. The van der Waals surface area contributed by atoms with Gasteiger partial charge in [-0.2, -0.15) is 0 Å². The molecule has 0 fully saturated rings. The first-order valence-corrected chi connectivity index (χ1v) is 7.53. The van der Waals surface area contributed by atoms with Crippen LogP contribution < -0.4 is 10.6 Å². The van der Waals surface area contributed by atoms with Crippen molar-refractivity contribution in [3.8, 4) is 0 Å². The predicted octanol–water partition coefficient (Wildman–Crippen LogP) is 3.43. The van der Waals surface area contributed by atoms with Gasteiger partial charge < -0.3 is 10.6 Å². The minimum absolute atomic E-state index is 0.0635. The molecule has 0 spiro atoms. The molecule has 2 amide bonds. The quantitative estimate of drug-likeness (QED) is 0.781. The van der Waals surface area contributed by atoms with E-state index in [1.165, 1.54) is 6.92 Å². The Kier molecular flexibility index (Phi) is 5.32. The van der Waals surface area contributed by atoms with Gasteiger partial charge in [0.2, 0.25) is 11.8 Å². The van der Waals surface area contributed by atoms with E-state index in [1.54, 1.807) is 12.1 Å². The summed E-state index contributed by atoms with van der Waals surface area (Å²) in [7, 11) is 0. The highest BCUT2D eigenvalue weighted by Crippen LogP contribution is 2.17. The van der Waals surface area contributed by atoms with Crippen molar-refractivity contribution in [2.75, 3.05) is 10.6 Å². The second-order valence-corrected chi connectivity index (χ2v) is 5.75. The number of amides is 2. The average molecular weight is 394 g/mol. The van der Waals surface area contributed by atoms with E-state index < -0.39 is 0 Å². The molecule has 0 atom stereocenters. The molecule has 2 aromatic carbocycles. The van der Waals surface area contributed by atoms with Gasteiger partial charge in [-0.25, -0.2) is 0 Å². The number of benzene rings is 2. The van der Waals surface area contributed by atoms with Crippen LogP contribution in [0.25, 0.3) is 0 Å². The Bertz CT molecular complexity index is 654. The van der Waals surface area contributed by atoms with Crippen LogP contribution in [-0.2, 0) is 16.0 Å². The summed E-state index contributed by atoms with van der Waals surface area (Å²) in [5, 5.41) is 5.58. The number of nitrogens with one attached hydrogen (secondary N) is 2. The van der Waals surface area contributed by atoms with Crippen molar-refractivity contribution in [1.29, 1.82) is 0 Å². The molecule has 0 radical (unpaired) electrons. The SMILES string of the molecule is CC(=O)Nc1ccc(CC(=O)Nc2ccccc2I)cc1. The van der Waals surface area contributed by atoms with Crippen LogP contribution in [-0.4, -0.2) is 11.8 Å². The number of carbonyl (C=O) groups is 2. The van der Waals surface area contributed by atoms with E-state index in [1.807, 2.05) is 36.4 Å². The van der Waals surface area contributed by atoms with Gasteiger partial charge in [-0.3, -0.25) is 9.59 Å². The normalized spacial score (nSPS) is 10.0. The summed E-state index contributed by atoms with van der Waals surface area (Å²) in [6, 6.07) is 14.9. The molecular formula is C16H15IN2O2. The van der Waals surface area contributed by atoms with Gasteiger partial charge in [0.15, 0.2) is 0 Å². The monoisotopic (exact) mass is 394 g/mol. The van der Waals surface area contributed by atoms with Gasteiger partial charge in [0.1, 0.15) is 0 Å². The van der Waals surface area contributed by atoms with Crippen molar-refractivity contribution in [2.24, 2.45) is 0 Å². The van der Waals surface area contributed by atoms with Crippen molar-refractivity contribution in [2.45, 2.75) is 13.3 Å². The van der Waals surface area contributed by atoms with Gasteiger partial charge in [0.05, 0.1) is 12.1 Å². The summed E-state index contributed by atoms with van der Waals surface area (Å²) in [5.41, 5.74) is 2.44. The Morgan fingerprint density at radius 1 is 1.00 bits per heavy atom. The molecule has 0 aromatic heterocycles. The second kappa shape index (κ2) is 7.21. The van der Waals surface area contributed by atoms with E-state index >= 15 is 0 Å². The lowest BCUT2D eigenvalue weighted by Crippen LogP contribution is -2.15. The van der Waals surface area contributed by atoms with Gasteiger partial charge in [0.25, 0.3) is 0 Å². The zero-order valence-corrected chi connectivity index (χ0v) is 13.7. The van der Waals surface area contributed by atoms with E-state index in [0.29, 0.717) is 6.42 Å². The highest BCUT2D eigenvalue weighted by Gasteiger charge is 2.06. The molecular weight excluding hydrogens is 379 g/mol. The predicted molar refractivity (Wildman–Crippen MR) is 92.2 cm³/mol. The number of hydrogen-bond donors (Lipinski definition) is 2. The minimum Gasteiger partial charge on any atom is -0.326 e. The third-order valence-corrected chi connectivity index (χ3v) is 3.73. The number of para-hydroxylation sites is 1. The maximum Gasteiger partial charge on any atom is 0.228 e. The number of rotatable bonds is 4. The molecule has 2 N–H and O–H groups in total. The maximum absolute atomic E-state index is 12.0. The van der Waals surface area contributed by atoms with Crippen molar-refractivity contribution >= 4 is 45.8 Å². The molecule has 0 saturated carbocycles. The zero-order valence-electron chi connectivity index (χ0n) is 11.5. The fraction of sp³-hybridized carbons (Fsp3) is 0.125. The molecule has 2 aromatic rings. The number of hydrogen-bond acceptors (Lipinski definition) is 2. The number of halogens is 1. The molecule has 0 unspecified atom stereocenters. The summed E-state index contributed by atoms with van der Waals surface area (Å²) in [4.78, 5) is 22.9. The summed E-state index contributed by atoms with van der Waals surface area (Å²) in [5.74, 6) is -0.175. The lowest BCUT2D eigenvalue weighted by Gasteiger charge is -2.08. The molecule has 0 aliphatic rings. The minimum atomic E-state index is -0.112. The Hall–Kier alpha value is -1.89. The fourth-order valence-electron chi connectivity index (χ4n) is 1.85. The molecule has 0 aliphatic carbocycles. The van der Waals surface area contributed by atoms with Gasteiger partial charge in [0, 0.05) is 16.2 Å². The molecule has 0 bridgehead atoms. The molecule has 0 saturated heterocycles. The van der Waals surface area contributed by atoms with Crippen LogP contribution in [0.4, 0.5) is 11.4 Å². The summed E-state index contributed by atoms with van der Waals surface area (Å²) < 4.78 is 1.00. The summed E-state index contributed by atoms with van der Waals surface area (Å²) >= 11 is 2.19. The molecule has 0 aliphatic heterocycles. The Labute approximate surface area is 137 Å². The third-order valence-electron chi connectivity index (χ3n) is 2.79. The topological polar surface area (TPSA) is 58.2 Å². The largest absolute Gasteiger partial charge is 0.326 e. The van der Waals surface area contributed by atoms with E-state index in [-0.39, 0.29) is 11.8 Å². The van der Waals surface area contributed by atoms with Gasteiger partial charge in [-0.05, 0) is 52.4 Å². The van der Waals surface area contributed by atoms with Crippen LogP contribution in [0.5, 0.6) is 0 Å². The summed E-state index contributed by atoms with van der Waals surface area (Å²) in [6.07, 6.45) is 0.297. The molecule has 2 rings (SSSR count). The second-order valence-electron chi connectivity index (χ2n) is 4.58. The van der Waals surface area contributed by atoms with Crippen LogP contribution in [0.15, 0.2) is 48.5 Å². The number of anilines is 2. The third kappa shape index (κ3) is 4.86. The first-order valence-electron chi connectivity index (χ1n) is 6.45. The number of carbonyl (C=O) groups excluding carboxylic acids is 2. The lowest BCUT2D eigenvalue weighted by molar-refractivity contribution is -0.116. The van der Waals surface area contributed by atoms with Gasteiger partial charge in [-0.15, -0.1) is 0 Å². The average Bonchev–Trinajstić information content (AvgIpc) is 2.43. The highest BCUT2D eigenvalue weighted by molar-refractivity contribution is 14.1. The highest BCUT2D eigenvalue weighted by atomic mass is 127. The van der Waals surface area contributed by atoms with Crippen molar-refractivity contribution < 1.29 is 9.59 Å². The van der Waals surface area contributed by atoms with E-state index in [9.17, 15) is 9.59 Å². The molecule has 0 heterocycles. The Morgan fingerprint density at radius 2 is 1.67 bits per heavy atom. The zero-order chi connectivity index (χ0) is 15.2. The first kappa shape index (κ1) is 15.5. The first-order chi connectivity index (χ1) is 10.0. The van der Waals surface area contributed by atoms with E-state index in [2.05, 4.69) is 33.2 Å². The molecule has 108 valence electrons. The van der Waals surface area contributed by atoms with Crippen LogP contribution in [0, 0.1) is 3.57 Å². The molecule has 5 heteroatoms. The van der Waals surface area contributed by atoms with E-state index in [0.717, 1.165) is 20.5 Å². The Balaban J connectivity index is 1.96. The van der Waals surface area contributed by atoms with Crippen molar-refractivity contribution in [3.05, 3.63) is 57.7 Å². The standard InChI is InChI=1S/C16H15IN2O2/c1-11(20)18-13-8-6-12(7-9-13)10-16(21)19-15-5-3-2-4-14(15)17/h2-9H,10H2,1H3,(H,18,20)(H,19,21). The summed E-state index contributed by atoms with van der Waals surface area (Å²) in [6.45, 7) is 1.46. The van der Waals surface area contributed by atoms with Crippen LogP contribution >= 0.6 is 22.6 Å². The van der Waals surface area contributed by atoms with Gasteiger partial charge in [-0.1, -0.05) is 24.3 Å². The Morgan fingerprint density at radius 3 is 2.29 bits per heavy atom. The van der Waals surface area contributed by atoms with Crippen LogP contribution in [0.1, 0.15) is 12.5 Å². The maximum atomic E-state index is 12.0. The van der Waals surface area contributed by atoms with Crippen molar-refractivity contribution in [3.63, 3.8) is 0 Å². The van der Waals surface area contributed by atoms with Crippen LogP contribution in [0.3, 0.4) is 0 Å². The van der Waals surface area contributed by atoms with E-state index in [4.69, 9.17) is 0 Å². The molecule has 21 heavy (non-hydrogen) atoms. The molecule has 4 nitrogen and oxygen atoms in total. The fourth-order valence-corrected chi connectivity index (χ4v) is 2.37. The van der Waals surface area contributed by atoms with Gasteiger partial charge >= 0.3 is 0 Å². The smallest absolute Gasteiger partial charge is 0.228 e.